The van der Waals surface area contributed by atoms with Gasteiger partial charge in [-0.05, 0) is 12.1 Å². The molecule has 0 aliphatic carbocycles. The minimum atomic E-state index is -0.405. The summed E-state index contributed by atoms with van der Waals surface area (Å²) in [4.78, 5) is 10.5. The number of primary amides is 1. The highest BCUT2D eigenvalue weighted by Crippen LogP contribution is 2.28. The Labute approximate surface area is 97.6 Å². The molecule has 0 heterocycles. The lowest BCUT2D eigenvalue weighted by atomic mass is 10.1. The van der Waals surface area contributed by atoms with Gasteiger partial charge in [-0.1, -0.05) is 35.4 Å². The zero-order chi connectivity index (χ0) is 11.4. The number of nitrogens with two attached hydrogens (primary N) is 2. The SMILES string of the molecule is NC(=O)CC=Cc1cc(Cl)cc(Cl)c1N. The van der Waals surface area contributed by atoms with Gasteiger partial charge in [0.05, 0.1) is 10.7 Å². The fourth-order valence-corrected chi connectivity index (χ4v) is 1.55. The molecule has 0 aliphatic heterocycles. The van der Waals surface area contributed by atoms with Crippen LogP contribution in [0.25, 0.3) is 6.08 Å². The van der Waals surface area contributed by atoms with Crippen molar-refractivity contribution in [2.75, 3.05) is 5.73 Å². The van der Waals surface area contributed by atoms with Crippen molar-refractivity contribution in [3.05, 3.63) is 33.8 Å². The fourth-order valence-electron chi connectivity index (χ4n) is 1.04. The second kappa shape index (κ2) is 5.05. The first-order chi connectivity index (χ1) is 7.00. The molecule has 0 radical (unpaired) electrons. The minimum Gasteiger partial charge on any atom is -0.397 e. The van der Waals surface area contributed by atoms with Crippen LogP contribution in [0.1, 0.15) is 12.0 Å². The quantitative estimate of drug-likeness (QED) is 0.803. The van der Waals surface area contributed by atoms with Gasteiger partial charge < -0.3 is 11.5 Å². The zero-order valence-electron chi connectivity index (χ0n) is 7.84. The molecule has 0 fully saturated rings. The molecule has 1 aromatic rings. The highest BCUT2D eigenvalue weighted by molar-refractivity contribution is 6.36. The molecule has 1 amide bonds. The number of rotatable bonds is 3. The van der Waals surface area contributed by atoms with Crippen molar-refractivity contribution in [2.24, 2.45) is 5.73 Å². The van der Waals surface area contributed by atoms with E-state index in [2.05, 4.69) is 0 Å². The lowest BCUT2D eigenvalue weighted by molar-refractivity contribution is -0.117. The summed E-state index contributed by atoms with van der Waals surface area (Å²) in [6.45, 7) is 0. The largest absolute Gasteiger partial charge is 0.397 e. The molecule has 0 saturated carbocycles. The van der Waals surface area contributed by atoms with Crippen molar-refractivity contribution >= 4 is 40.9 Å². The molecule has 0 unspecified atom stereocenters. The summed E-state index contributed by atoms with van der Waals surface area (Å²) in [6, 6.07) is 3.23. The van der Waals surface area contributed by atoms with Crippen LogP contribution in [0.2, 0.25) is 10.0 Å². The molecule has 0 saturated heterocycles. The topological polar surface area (TPSA) is 69.1 Å². The van der Waals surface area contributed by atoms with Gasteiger partial charge in [-0.2, -0.15) is 0 Å². The smallest absolute Gasteiger partial charge is 0.221 e. The summed E-state index contributed by atoms with van der Waals surface area (Å²) in [5.41, 5.74) is 11.8. The van der Waals surface area contributed by atoms with Gasteiger partial charge in [-0.15, -0.1) is 0 Å². The summed E-state index contributed by atoms with van der Waals surface area (Å²) in [5.74, 6) is -0.405. The summed E-state index contributed by atoms with van der Waals surface area (Å²) in [5, 5.41) is 0.883. The number of hydrogen-bond acceptors (Lipinski definition) is 2. The van der Waals surface area contributed by atoms with Crippen LogP contribution >= 0.6 is 23.2 Å². The Hall–Kier alpha value is -1.19. The van der Waals surface area contributed by atoms with Crippen LogP contribution in [0.15, 0.2) is 18.2 Å². The van der Waals surface area contributed by atoms with Crippen molar-refractivity contribution in [1.29, 1.82) is 0 Å². The lowest BCUT2D eigenvalue weighted by Gasteiger charge is -2.03. The number of nitrogen functional groups attached to an aromatic ring is 1. The van der Waals surface area contributed by atoms with Crippen LogP contribution in [-0.4, -0.2) is 5.91 Å². The Morgan fingerprint density at radius 3 is 2.67 bits per heavy atom. The highest BCUT2D eigenvalue weighted by Gasteiger charge is 2.02. The maximum atomic E-state index is 10.5. The molecule has 5 heteroatoms. The first kappa shape index (κ1) is 11.9. The van der Waals surface area contributed by atoms with E-state index in [1.807, 2.05) is 0 Å². The minimum absolute atomic E-state index is 0.156. The summed E-state index contributed by atoms with van der Waals surface area (Å²) < 4.78 is 0. The predicted molar refractivity (Wildman–Crippen MR) is 63.7 cm³/mol. The number of halogens is 2. The van der Waals surface area contributed by atoms with E-state index < -0.39 is 5.91 Å². The molecule has 0 aliphatic rings. The summed E-state index contributed by atoms with van der Waals surface area (Å²) in [6.07, 6.45) is 3.43. The van der Waals surface area contributed by atoms with Crippen molar-refractivity contribution in [3.63, 3.8) is 0 Å². The van der Waals surface area contributed by atoms with Gasteiger partial charge >= 0.3 is 0 Å². The van der Waals surface area contributed by atoms with Crippen LogP contribution in [-0.2, 0) is 4.79 Å². The molecule has 1 rings (SSSR count). The van der Waals surface area contributed by atoms with E-state index in [-0.39, 0.29) is 6.42 Å². The second-order valence-electron chi connectivity index (χ2n) is 2.96. The van der Waals surface area contributed by atoms with Gasteiger partial charge in [0.25, 0.3) is 0 Å². The Balaban J connectivity index is 2.94. The molecule has 0 aromatic heterocycles. The third kappa shape index (κ3) is 3.46. The first-order valence-corrected chi connectivity index (χ1v) is 4.95. The lowest BCUT2D eigenvalue weighted by Crippen LogP contribution is -2.07. The molecule has 0 spiro atoms. The van der Waals surface area contributed by atoms with Crippen LogP contribution in [0, 0.1) is 0 Å². The van der Waals surface area contributed by atoms with Gasteiger partial charge in [-0.3, -0.25) is 4.79 Å². The van der Waals surface area contributed by atoms with E-state index in [1.165, 1.54) is 0 Å². The van der Waals surface area contributed by atoms with E-state index in [0.717, 1.165) is 0 Å². The van der Waals surface area contributed by atoms with Crippen molar-refractivity contribution in [2.45, 2.75) is 6.42 Å². The van der Waals surface area contributed by atoms with E-state index in [0.29, 0.717) is 21.3 Å². The third-order valence-electron chi connectivity index (χ3n) is 1.74. The first-order valence-electron chi connectivity index (χ1n) is 4.20. The van der Waals surface area contributed by atoms with Gasteiger partial charge in [-0.25, -0.2) is 0 Å². The summed E-state index contributed by atoms with van der Waals surface area (Å²) in [7, 11) is 0. The Morgan fingerprint density at radius 2 is 2.07 bits per heavy atom. The third-order valence-corrected chi connectivity index (χ3v) is 2.27. The van der Waals surface area contributed by atoms with Gasteiger partial charge in [0.1, 0.15) is 0 Å². The van der Waals surface area contributed by atoms with Crippen LogP contribution in [0.5, 0.6) is 0 Å². The van der Waals surface area contributed by atoms with E-state index in [1.54, 1.807) is 24.3 Å². The zero-order valence-corrected chi connectivity index (χ0v) is 9.35. The van der Waals surface area contributed by atoms with Gasteiger partial charge in [0, 0.05) is 17.0 Å². The van der Waals surface area contributed by atoms with E-state index >= 15 is 0 Å². The Morgan fingerprint density at radius 1 is 1.40 bits per heavy atom. The normalized spacial score (nSPS) is 10.8. The molecule has 1 aromatic carbocycles. The molecule has 0 atom stereocenters. The Kier molecular flexibility index (Phi) is 4.00. The monoisotopic (exact) mass is 244 g/mol. The van der Waals surface area contributed by atoms with Crippen LogP contribution in [0.4, 0.5) is 5.69 Å². The predicted octanol–water partition coefficient (Wildman–Crippen LogP) is 2.46. The van der Waals surface area contributed by atoms with Crippen molar-refractivity contribution in [1.82, 2.24) is 0 Å². The number of benzene rings is 1. The standard InChI is InChI=1S/C10H10Cl2N2O/c11-7-4-6(2-1-3-9(13)15)10(14)8(12)5-7/h1-2,4-5H,3,14H2,(H2,13,15). The molecule has 0 bridgehead atoms. The average molecular weight is 245 g/mol. The maximum Gasteiger partial charge on any atom is 0.221 e. The molecule has 80 valence electrons. The van der Waals surface area contributed by atoms with Crippen LogP contribution in [0.3, 0.4) is 0 Å². The van der Waals surface area contributed by atoms with Crippen molar-refractivity contribution in [3.8, 4) is 0 Å². The fraction of sp³-hybridized carbons (Fsp3) is 0.100. The Bertz CT molecular complexity index is 416. The van der Waals surface area contributed by atoms with Gasteiger partial charge in [0.2, 0.25) is 5.91 Å². The molecule has 4 N–H and O–H groups in total. The van der Waals surface area contributed by atoms with Crippen LogP contribution < -0.4 is 11.5 Å². The van der Waals surface area contributed by atoms with E-state index in [9.17, 15) is 4.79 Å². The number of carbonyl (C=O) groups excluding carboxylic acids is 1. The second-order valence-corrected chi connectivity index (χ2v) is 3.81. The molecule has 15 heavy (non-hydrogen) atoms. The number of amides is 1. The molecule has 3 nitrogen and oxygen atoms in total. The molecular weight excluding hydrogens is 235 g/mol. The number of carbonyl (C=O) groups is 1. The summed E-state index contributed by atoms with van der Waals surface area (Å²) >= 11 is 11.6. The van der Waals surface area contributed by atoms with E-state index in [4.69, 9.17) is 34.7 Å². The van der Waals surface area contributed by atoms with Crippen molar-refractivity contribution < 1.29 is 4.79 Å². The number of hydrogen-bond donors (Lipinski definition) is 2. The highest BCUT2D eigenvalue weighted by atomic mass is 35.5. The number of anilines is 1. The molecular formula is C10H10Cl2N2O. The average Bonchev–Trinajstić information content (AvgIpc) is 2.12. The van der Waals surface area contributed by atoms with Gasteiger partial charge in [0.15, 0.2) is 0 Å². The maximum absolute atomic E-state index is 10.5.